The second-order valence-corrected chi connectivity index (χ2v) is 5.44. The third kappa shape index (κ3) is 2.22. The Morgan fingerprint density at radius 2 is 1.35 bits per heavy atom. The largest absolute Gasteiger partial charge is 0.226 e. The van der Waals surface area contributed by atoms with Gasteiger partial charge in [0.25, 0.3) is 0 Å². The molecule has 0 bridgehead atoms. The smallest absolute Gasteiger partial charge is 0.206 e. The molecule has 0 N–H and O–H groups in total. The fraction of sp³-hybridized carbons (Fsp3) is 0. The van der Waals surface area contributed by atoms with Gasteiger partial charge in [-0.25, -0.2) is 4.98 Å². The average molecular weight is 280 g/mol. The highest BCUT2D eigenvalue weighted by Crippen LogP contribution is 2.26. The highest BCUT2D eigenvalue weighted by atomic mass is 35.5. The molecule has 3 aromatic heterocycles. The summed E-state index contributed by atoms with van der Waals surface area (Å²) in [7, 11) is 0. The van der Waals surface area contributed by atoms with Crippen molar-refractivity contribution in [3.63, 3.8) is 0 Å². The third-order valence-corrected chi connectivity index (χ3v) is 3.99. The molecule has 0 radical (unpaired) electrons. The third-order valence-electron chi connectivity index (χ3n) is 2.09. The van der Waals surface area contributed by atoms with E-state index in [1.54, 1.807) is 22.7 Å². The molecule has 0 aliphatic heterocycles. The van der Waals surface area contributed by atoms with Crippen LogP contribution in [-0.2, 0) is 0 Å². The summed E-state index contributed by atoms with van der Waals surface area (Å²) in [6.45, 7) is 0. The Morgan fingerprint density at radius 3 is 1.76 bits per heavy atom. The van der Waals surface area contributed by atoms with Gasteiger partial charge in [-0.1, -0.05) is 12.1 Å². The standard InChI is InChI=1S/C11H6ClN3S2/c12-11-14-9(7-3-1-5-16-7)13-10(15-11)8-4-2-6-17-8/h1-6H. The van der Waals surface area contributed by atoms with Gasteiger partial charge in [0.2, 0.25) is 5.28 Å². The van der Waals surface area contributed by atoms with Crippen LogP contribution in [0.1, 0.15) is 0 Å². The molecule has 0 aliphatic rings. The molecule has 3 nitrogen and oxygen atoms in total. The lowest BCUT2D eigenvalue weighted by Gasteiger charge is -2.00. The van der Waals surface area contributed by atoms with Gasteiger partial charge in [-0.15, -0.1) is 22.7 Å². The number of halogens is 1. The molecule has 0 saturated carbocycles. The van der Waals surface area contributed by atoms with E-state index < -0.39 is 0 Å². The van der Waals surface area contributed by atoms with E-state index in [4.69, 9.17) is 11.6 Å². The normalized spacial score (nSPS) is 10.6. The van der Waals surface area contributed by atoms with Crippen LogP contribution in [0.5, 0.6) is 0 Å². The molecule has 3 rings (SSSR count). The zero-order valence-corrected chi connectivity index (χ0v) is 10.9. The average Bonchev–Trinajstić information content (AvgIpc) is 3.02. The molecular weight excluding hydrogens is 274 g/mol. The van der Waals surface area contributed by atoms with Gasteiger partial charge in [0, 0.05) is 0 Å². The fourth-order valence-corrected chi connectivity index (χ4v) is 2.86. The molecule has 0 fully saturated rings. The summed E-state index contributed by atoms with van der Waals surface area (Å²) in [5.41, 5.74) is 0. The Bertz CT molecular complexity index is 568. The summed E-state index contributed by atoms with van der Waals surface area (Å²) in [5, 5.41) is 4.20. The zero-order chi connectivity index (χ0) is 11.7. The maximum Gasteiger partial charge on any atom is 0.226 e. The van der Waals surface area contributed by atoms with Gasteiger partial charge in [-0.05, 0) is 34.5 Å². The number of hydrogen-bond donors (Lipinski definition) is 0. The van der Waals surface area contributed by atoms with Crippen molar-refractivity contribution < 1.29 is 0 Å². The summed E-state index contributed by atoms with van der Waals surface area (Å²) >= 11 is 9.10. The van der Waals surface area contributed by atoms with Crippen molar-refractivity contribution in [2.24, 2.45) is 0 Å². The molecule has 3 heterocycles. The van der Waals surface area contributed by atoms with Gasteiger partial charge in [0.1, 0.15) is 0 Å². The maximum absolute atomic E-state index is 5.93. The lowest BCUT2D eigenvalue weighted by molar-refractivity contribution is 1.08. The minimum atomic E-state index is 0.229. The molecule has 84 valence electrons. The molecule has 0 atom stereocenters. The molecule has 3 aromatic rings. The molecular formula is C11H6ClN3S2. The first-order valence-electron chi connectivity index (χ1n) is 4.82. The van der Waals surface area contributed by atoms with Gasteiger partial charge in [0.15, 0.2) is 11.6 Å². The first-order chi connectivity index (χ1) is 8.33. The van der Waals surface area contributed by atoms with Crippen LogP contribution in [0.25, 0.3) is 21.4 Å². The predicted molar refractivity (Wildman–Crippen MR) is 71.5 cm³/mol. The quantitative estimate of drug-likeness (QED) is 0.712. The van der Waals surface area contributed by atoms with Crippen LogP contribution in [0.3, 0.4) is 0 Å². The monoisotopic (exact) mass is 279 g/mol. The Kier molecular flexibility index (Phi) is 2.88. The number of thiophene rings is 2. The van der Waals surface area contributed by atoms with Crippen molar-refractivity contribution >= 4 is 34.3 Å². The van der Waals surface area contributed by atoms with E-state index in [0.717, 1.165) is 9.75 Å². The van der Waals surface area contributed by atoms with E-state index >= 15 is 0 Å². The minimum Gasteiger partial charge on any atom is -0.206 e. The van der Waals surface area contributed by atoms with Gasteiger partial charge >= 0.3 is 0 Å². The maximum atomic E-state index is 5.93. The first-order valence-corrected chi connectivity index (χ1v) is 6.96. The van der Waals surface area contributed by atoms with Crippen molar-refractivity contribution in [2.45, 2.75) is 0 Å². The second kappa shape index (κ2) is 4.52. The molecule has 0 unspecified atom stereocenters. The van der Waals surface area contributed by atoms with Crippen molar-refractivity contribution in [1.82, 2.24) is 15.0 Å². The second-order valence-electron chi connectivity index (χ2n) is 3.21. The van der Waals surface area contributed by atoms with Gasteiger partial charge in [-0.3, -0.25) is 0 Å². The Morgan fingerprint density at radius 1 is 0.824 bits per heavy atom. The molecule has 0 amide bonds. The molecule has 0 aromatic carbocycles. The Balaban J connectivity index is 2.13. The number of rotatable bonds is 2. The van der Waals surface area contributed by atoms with Crippen LogP contribution in [0.4, 0.5) is 0 Å². The van der Waals surface area contributed by atoms with Crippen molar-refractivity contribution in [1.29, 1.82) is 0 Å². The van der Waals surface area contributed by atoms with Crippen LogP contribution in [-0.4, -0.2) is 15.0 Å². The summed E-state index contributed by atoms with van der Waals surface area (Å²) in [6.07, 6.45) is 0. The number of nitrogens with zero attached hydrogens (tertiary/aromatic N) is 3. The van der Waals surface area contributed by atoms with E-state index in [0.29, 0.717) is 11.6 Å². The van der Waals surface area contributed by atoms with Crippen LogP contribution >= 0.6 is 34.3 Å². The zero-order valence-electron chi connectivity index (χ0n) is 8.50. The number of aromatic nitrogens is 3. The van der Waals surface area contributed by atoms with Crippen LogP contribution < -0.4 is 0 Å². The fourth-order valence-electron chi connectivity index (χ4n) is 1.38. The van der Waals surface area contributed by atoms with Crippen LogP contribution in [0, 0.1) is 0 Å². The highest BCUT2D eigenvalue weighted by molar-refractivity contribution is 7.13. The molecule has 0 spiro atoms. The molecule has 0 aliphatic carbocycles. The summed E-state index contributed by atoms with van der Waals surface area (Å²) in [4.78, 5) is 14.7. The van der Waals surface area contributed by atoms with Crippen LogP contribution in [0.15, 0.2) is 35.0 Å². The van der Waals surface area contributed by atoms with E-state index in [1.165, 1.54) is 0 Å². The summed E-state index contributed by atoms with van der Waals surface area (Å²) < 4.78 is 0. The van der Waals surface area contributed by atoms with Gasteiger partial charge < -0.3 is 0 Å². The Hall–Kier alpha value is -1.30. The van der Waals surface area contributed by atoms with Gasteiger partial charge in [0.05, 0.1) is 9.75 Å². The Labute approximate surface area is 111 Å². The highest BCUT2D eigenvalue weighted by Gasteiger charge is 2.10. The van der Waals surface area contributed by atoms with Gasteiger partial charge in [-0.2, -0.15) is 9.97 Å². The van der Waals surface area contributed by atoms with E-state index in [-0.39, 0.29) is 5.28 Å². The van der Waals surface area contributed by atoms with E-state index in [1.807, 2.05) is 35.0 Å². The van der Waals surface area contributed by atoms with Crippen molar-refractivity contribution in [3.05, 3.63) is 40.3 Å². The van der Waals surface area contributed by atoms with Crippen molar-refractivity contribution in [3.8, 4) is 21.4 Å². The summed E-state index contributed by atoms with van der Waals surface area (Å²) in [5.74, 6) is 1.26. The van der Waals surface area contributed by atoms with Crippen molar-refractivity contribution in [2.75, 3.05) is 0 Å². The van der Waals surface area contributed by atoms with Crippen LogP contribution in [0.2, 0.25) is 5.28 Å². The lowest BCUT2D eigenvalue weighted by Crippen LogP contribution is -1.94. The molecule has 6 heteroatoms. The van der Waals surface area contributed by atoms with E-state index in [2.05, 4.69) is 15.0 Å². The SMILES string of the molecule is Clc1nc(-c2cccs2)nc(-c2cccs2)n1. The molecule has 17 heavy (non-hydrogen) atoms. The minimum absolute atomic E-state index is 0.229. The summed E-state index contributed by atoms with van der Waals surface area (Å²) in [6, 6.07) is 7.86. The van der Waals surface area contributed by atoms with E-state index in [9.17, 15) is 0 Å². The lowest BCUT2D eigenvalue weighted by atomic mass is 10.4. The number of hydrogen-bond acceptors (Lipinski definition) is 5. The molecule has 0 saturated heterocycles. The topological polar surface area (TPSA) is 38.7 Å². The first kappa shape index (κ1) is 10.8. The predicted octanol–water partition coefficient (Wildman–Crippen LogP) is 3.98.